The Kier molecular flexibility index (Phi) is 6.01. The van der Waals surface area contributed by atoms with E-state index < -0.39 is 0 Å². The van der Waals surface area contributed by atoms with Gasteiger partial charge in [0.1, 0.15) is 5.75 Å². The van der Waals surface area contributed by atoms with Crippen molar-refractivity contribution in [3.05, 3.63) is 65.2 Å². The molecule has 0 aliphatic rings. The number of nitriles is 1. The number of methoxy groups -OCH3 is 1. The number of benzene rings is 2. The third-order valence-corrected chi connectivity index (χ3v) is 3.39. The summed E-state index contributed by atoms with van der Waals surface area (Å²) in [7, 11) is 3.39. The number of nitrogens with zero attached hydrogens (tertiary/aromatic N) is 2. The Hall–Kier alpha value is -3.00. The number of hydrogen-bond donors (Lipinski definition) is 2. The number of guanidine groups is 1. The number of hydrogen-bond acceptors (Lipinski definition) is 3. The van der Waals surface area contributed by atoms with Crippen molar-refractivity contribution in [1.82, 2.24) is 10.6 Å². The van der Waals surface area contributed by atoms with Crippen molar-refractivity contribution in [3.8, 4) is 11.8 Å². The summed E-state index contributed by atoms with van der Waals surface area (Å²) in [5.41, 5.74) is 2.90. The molecule has 2 N–H and O–H groups in total. The van der Waals surface area contributed by atoms with Crippen LogP contribution in [0.1, 0.15) is 16.7 Å². The van der Waals surface area contributed by atoms with Crippen LogP contribution in [0.4, 0.5) is 0 Å². The number of ether oxygens (including phenoxy) is 1. The molecule has 0 saturated carbocycles. The Balaban J connectivity index is 1.83. The van der Waals surface area contributed by atoms with Crippen LogP contribution in [0.3, 0.4) is 0 Å². The molecular weight excluding hydrogens is 288 g/mol. The number of rotatable bonds is 5. The summed E-state index contributed by atoms with van der Waals surface area (Å²) in [5, 5.41) is 15.3. The Morgan fingerprint density at radius 1 is 1.00 bits per heavy atom. The third kappa shape index (κ3) is 5.04. The van der Waals surface area contributed by atoms with Gasteiger partial charge in [0.05, 0.1) is 18.7 Å². The summed E-state index contributed by atoms with van der Waals surface area (Å²) in [4.78, 5) is 4.20. The SMILES string of the molecule is CN=C(NCc1ccc(C#N)cc1)NCc1ccc(OC)cc1. The fourth-order valence-corrected chi connectivity index (χ4v) is 2.03. The normalized spacial score (nSPS) is 10.7. The van der Waals surface area contributed by atoms with E-state index in [2.05, 4.69) is 21.7 Å². The Morgan fingerprint density at radius 2 is 1.52 bits per heavy atom. The molecule has 0 spiro atoms. The molecule has 0 bridgehead atoms. The highest BCUT2D eigenvalue weighted by molar-refractivity contribution is 5.79. The second-order valence-electron chi connectivity index (χ2n) is 4.94. The molecule has 0 saturated heterocycles. The minimum atomic E-state index is 0.647. The summed E-state index contributed by atoms with van der Waals surface area (Å²) >= 11 is 0. The van der Waals surface area contributed by atoms with E-state index in [0.717, 1.165) is 22.8 Å². The van der Waals surface area contributed by atoms with Crippen LogP contribution in [0.25, 0.3) is 0 Å². The molecule has 118 valence electrons. The van der Waals surface area contributed by atoms with E-state index in [4.69, 9.17) is 10.00 Å². The van der Waals surface area contributed by atoms with Crippen LogP contribution in [0.2, 0.25) is 0 Å². The molecular formula is C18H20N4O. The van der Waals surface area contributed by atoms with Crippen molar-refractivity contribution >= 4 is 5.96 Å². The van der Waals surface area contributed by atoms with Crippen LogP contribution in [-0.4, -0.2) is 20.1 Å². The molecule has 5 heteroatoms. The molecule has 0 fully saturated rings. The first-order valence-corrected chi connectivity index (χ1v) is 7.31. The van der Waals surface area contributed by atoms with Gasteiger partial charge in [-0.2, -0.15) is 5.26 Å². The van der Waals surface area contributed by atoms with Crippen LogP contribution < -0.4 is 15.4 Å². The van der Waals surface area contributed by atoms with Crippen molar-refractivity contribution in [2.75, 3.05) is 14.2 Å². The molecule has 2 aromatic rings. The molecule has 0 heterocycles. The first kappa shape index (κ1) is 16.4. The first-order chi connectivity index (χ1) is 11.2. The molecule has 0 aromatic heterocycles. The lowest BCUT2D eigenvalue weighted by Crippen LogP contribution is -2.36. The number of aliphatic imine (C=N–C) groups is 1. The fourth-order valence-electron chi connectivity index (χ4n) is 2.03. The predicted octanol–water partition coefficient (Wildman–Crippen LogP) is 2.43. The monoisotopic (exact) mass is 308 g/mol. The summed E-state index contributed by atoms with van der Waals surface area (Å²) < 4.78 is 5.14. The summed E-state index contributed by atoms with van der Waals surface area (Å²) in [6, 6.07) is 17.5. The minimum absolute atomic E-state index is 0.647. The maximum atomic E-state index is 8.79. The van der Waals surface area contributed by atoms with Crippen LogP contribution >= 0.6 is 0 Å². The van der Waals surface area contributed by atoms with Crippen LogP contribution in [-0.2, 0) is 13.1 Å². The lowest BCUT2D eigenvalue weighted by Gasteiger charge is -2.12. The Labute approximate surface area is 136 Å². The molecule has 0 aliphatic carbocycles. The molecule has 0 aliphatic heterocycles. The van der Waals surface area contributed by atoms with Gasteiger partial charge in [-0.15, -0.1) is 0 Å². The first-order valence-electron chi connectivity index (χ1n) is 7.31. The highest BCUT2D eigenvalue weighted by atomic mass is 16.5. The molecule has 5 nitrogen and oxygen atoms in total. The van der Waals surface area contributed by atoms with E-state index in [9.17, 15) is 0 Å². The van der Waals surface area contributed by atoms with Crippen LogP contribution in [0.15, 0.2) is 53.5 Å². The Morgan fingerprint density at radius 3 is 1.96 bits per heavy atom. The summed E-state index contributed by atoms with van der Waals surface area (Å²) in [6.45, 7) is 1.32. The molecule has 23 heavy (non-hydrogen) atoms. The maximum absolute atomic E-state index is 8.79. The zero-order valence-corrected chi connectivity index (χ0v) is 13.3. The van der Waals surface area contributed by atoms with Gasteiger partial charge in [-0.3, -0.25) is 4.99 Å². The average molecular weight is 308 g/mol. The van der Waals surface area contributed by atoms with Gasteiger partial charge < -0.3 is 15.4 Å². The fraction of sp³-hybridized carbons (Fsp3) is 0.222. The van der Waals surface area contributed by atoms with Crippen molar-refractivity contribution in [1.29, 1.82) is 5.26 Å². The van der Waals surface area contributed by atoms with Gasteiger partial charge in [-0.05, 0) is 35.4 Å². The Bertz CT molecular complexity index is 684. The molecule has 0 unspecified atom stereocenters. The highest BCUT2D eigenvalue weighted by Gasteiger charge is 2.00. The van der Waals surface area contributed by atoms with E-state index in [1.165, 1.54) is 0 Å². The molecule has 0 radical (unpaired) electrons. The van der Waals surface area contributed by atoms with Crippen LogP contribution in [0.5, 0.6) is 5.75 Å². The zero-order valence-electron chi connectivity index (χ0n) is 13.3. The van der Waals surface area contributed by atoms with Gasteiger partial charge in [0, 0.05) is 20.1 Å². The molecule has 0 atom stereocenters. The zero-order chi connectivity index (χ0) is 16.5. The van der Waals surface area contributed by atoms with E-state index in [-0.39, 0.29) is 0 Å². The van der Waals surface area contributed by atoms with Gasteiger partial charge in [0.25, 0.3) is 0 Å². The minimum Gasteiger partial charge on any atom is -0.497 e. The summed E-state index contributed by atoms with van der Waals surface area (Å²) in [5.74, 6) is 1.57. The molecule has 2 aromatic carbocycles. The van der Waals surface area contributed by atoms with Gasteiger partial charge in [-0.1, -0.05) is 24.3 Å². The second-order valence-corrected chi connectivity index (χ2v) is 4.94. The van der Waals surface area contributed by atoms with E-state index in [0.29, 0.717) is 18.7 Å². The van der Waals surface area contributed by atoms with E-state index in [1.807, 2.05) is 48.5 Å². The van der Waals surface area contributed by atoms with Crippen molar-refractivity contribution in [2.24, 2.45) is 4.99 Å². The van der Waals surface area contributed by atoms with Crippen molar-refractivity contribution in [2.45, 2.75) is 13.1 Å². The average Bonchev–Trinajstić information content (AvgIpc) is 2.62. The van der Waals surface area contributed by atoms with Gasteiger partial charge in [0.15, 0.2) is 5.96 Å². The van der Waals surface area contributed by atoms with E-state index in [1.54, 1.807) is 14.2 Å². The smallest absolute Gasteiger partial charge is 0.191 e. The molecule has 0 amide bonds. The maximum Gasteiger partial charge on any atom is 0.191 e. The second kappa shape index (κ2) is 8.44. The summed E-state index contributed by atoms with van der Waals surface area (Å²) in [6.07, 6.45) is 0. The third-order valence-electron chi connectivity index (χ3n) is 3.39. The van der Waals surface area contributed by atoms with Gasteiger partial charge in [-0.25, -0.2) is 0 Å². The van der Waals surface area contributed by atoms with E-state index >= 15 is 0 Å². The largest absolute Gasteiger partial charge is 0.497 e. The van der Waals surface area contributed by atoms with Crippen LogP contribution in [0, 0.1) is 11.3 Å². The van der Waals surface area contributed by atoms with Crippen molar-refractivity contribution in [3.63, 3.8) is 0 Å². The number of nitrogens with one attached hydrogen (secondary N) is 2. The van der Waals surface area contributed by atoms with Crippen molar-refractivity contribution < 1.29 is 4.74 Å². The quantitative estimate of drug-likeness (QED) is 0.657. The lowest BCUT2D eigenvalue weighted by molar-refractivity contribution is 0.414. The van der Waals surface area contributed by atoms with Gasteiger partial charge in [0.2, 0.25) is 0 Å². The van der Waals surface area contributed by atoms with Gasteiger partial charge >= 0.3 is 0 Å². The lowest BCUT2D eigenvalue weighted by atomic mass is 10.1. The molecule has 2 rings (SSSR count). The highest BCUT2D eigenvalue weighted by Crippen LogP contribution is 2.10. The standard InChI is InChI=1S/C18H20N4O/c1-20-18(21-12-15-5-3-14(11-19)4-6-15)22-13-16-7-9-17(23-2)10-8-16/h3-10H,12-13H2,1-2H3,(H2,20,21,22). The predicted molar refractivity (Wildman–Crippen MR) is 91.2 cm³/mol. The topological polar surface area (TPSA) is 69.4 Å².